The van der Waals surface area contributed by atoms with Crippen LogP contribution in [0.5, 0.6) is 5.75 Å². The van der Waals surface area contributed by atoms with Crippen LogP contribution in [0, 0.1) is 12.7 Å². The summed E-state index contributed by atoms with van der Waals surface area (Å²) in [5.74, 6) is -1.86. The van der Waals surface area contributed by atoms with Gasteiger partial charge in [0.05, 0.1) is 7.11 Å². The summed E-state index contributed by atoms with van der Waals surface area (Å²) in [5, 5.41) is 8.96. The average molecular weight is 251 g/mol. The Hall–Kier alpha value is -2.37. The SMILES string of the molecule is COc1ccc(-c2nc(C)oc2C(=O)O)cc1F. The molecule has 0 amide bonds. The topological polar surface area (TPSA) is 72.6 Å². The van der Waals surface area contributed by atoms with Gasteiger partial charge in [0.25, 0.3) is 0 Å². The summed E-state index contributed by atoms with van der Waals surface area (Å²) in [6.07, 6.45) is 0. The van der Waals surface area contributed by atoms with Crippen molar-refractivity contribution < 1.29 is 23.4 Å². The van der Waals surface area contributed by atoms with Crippen molar-refractivity contribution in [3.8, 4) is 17.0 Å². The molecule has 2 rings (SSSR count). The molecule has 1 aromatic carbocycles. The standard InChI is InChI=1S/C12H10FNO4/c1-6-14-10(11(18-6)12(15)16)7-3-4-9(17-2)8(13)5-7/h3-5H,1-2H3,(H,15,16). The molecule has 2 aromatic rings. The number of nitrogens with zero attached hydrogens (tertiary/aromatic N) is 1. The summed E-state index contributed by atoms with van der Waals surface area (Å²) in [7, 11) is 1.35. The second-order valence-corrected chi connectivity index (χ2v) is 3.57. The summed E-state index contributed by atoms with van der Waals surface area (Å²) < 4.78 is 23.3. The van der Waals surface area contributed by atoms with Crippen LogP contribution in [-0.2, 0) is 0 Å². The van der Waals surface area contributed by atoms with Gasteiger partial charge in [-0.25, -0.2) is 14.2 Å². The molecule has 0 atom stereocenters. The zero-order valence-electron chi connectivity index (χ0n) is 9.73. The number of aromatic nitrogens is 1. The molecule has 0 bridgehead atoms. The molecule has 0 radical (unpaired) electrons. The Bertz CT molecular complexity index is 606. The van der Waals surface area contributed by atoms with E-state index in [0.717, 1.165) is 6.07 Å². The van der Waals surface area contributed by atoms with Crippen LogP contribution >= 0.6 is 0 Å². The van der Waals surface area contributed by atoms with Crippen LogP contribution in [0.1, 0.15) is 16.4 Å². The third-order valence-electron chi connectivity index (χ3n) is 2.35. The summed E-state index contributed by atoms with van der Waals surface area (Å²) in [5.41, 5.74) is 0.420. The normalized spacial score (nSPS) is 10.4. The Morgan fingerprint density at radius 2 is 2.22 bits per heavy atom. The van der Waals surface area contributed by atoms with Gasteiger partial charge in [-0.05, 0) is 18.2 Å². The van der Waals surface area contributed by atoms with E-state index >= 15 is 0 Å². The van der Waals surface area contributed by atoms with Crippen LogP contribution in [0.25, 0.3) is 11.3 Å². The van der Waals surface area contributed by atoms with E-state index in [4.69, 9.17) is 14.3 Å². The van der Waals surface area contributed by atoms with Crippen molar-refractivity contribution in [3.63, 3.8) is 0 Å². The molecular weight excluding hydrogens is 241 g/mol. The van der Waals surface area contributed by atoms with Crippen LogP contribution < -0.4 is 4.74 Å². The van der Waals surface area contributed by atoms with Crippen LogP contribution in [0.15, 0.2) is 22.6 Å². The van der Waals surface area contributed by atoms with E-state index in [-0.39, 0.29) is 23.1 Å². The fraction of sp³-hybridized carbons (Fsp3) is 0.167. The van der Waals surface area contributed by atoms with E-state index < -0.39 is 11.8 Å². The van der Waals surface area contributed by atoms with E-state index in [0.29, 0.717) is 5.56 Å². The van der Waals surface area contributed by atoms with Gasteiger partial charge in [-0.1, -0.05) is 0 Å². The summed E-state index contributed by atoms with van der Waals surface area (Å²) in [6, 6.07) is 4.08. The van der Waals surface area contributed by atoms with Crippen molar-refractivity contribution >= 4 is 5.97 Å². The number of aromatic carboxylic acids is 1. The lowest BCUT2D eigenvalue weighted by Crippen LogP contribution is -1.97. The van der Waals surface area contributed by atoms with Crippen molar-refractivity contribution in [2.24, 2.45) is 0 Å². The van der Waals surface area contributed by atoms with Gasteiger partial charge in [-0.3, -0.25) is 0 Å². The van der Waals surface area contributed by atoms with Crippen molar-refractivity contribution in [2.75, 3.05) is 7.11 Å². The number of rotatable bonds is 3. The van der Waals surface area contributed by atoms with Gasteiger partial charge in [0.15, 0.2) is 17.5 Å². The molecule has 5 nitrogen and oxygen atoms in total. The van der Waals surface area contributed by atoms with E-state index in [2.05, 4.69) is 4.98 Å². The number of carboxylic acids is 1. The average Bonchev–Trinajstić information content (AvgIpc) is 2.71. The quantitative estimate of drug-likeness (QED) is 0.907. The number of methoxy groups -OCH3 is 1. The predicted molar refractivity (Wildman–Crippen MR) is 60.1 cm³/mol. The maximum Gasteiger partial charge on any atom is 0.374 e. The lowest BCUT2D eigenvalue weighted by Gasteiger charge is -2.03. The number of aryl methyl sites for hydroxylation is 1. The Kier molecular flexibility index (Phi) is 3.01. The van der Waals surface area contributed by atoms with E-state index in [9.17, 15) is 9.18 Å². The zero-order valence-corrected chi connectivity index (χ0v) is 9.73. The molecule has 94 valence electrons. The van der Waals surface area contributed by atoms with Crippen LogP contribution in [0.3, 0.4) is 0 Å². The molecule has 18 heavy (non-hydrogen) atoms. The second-order valence-electron chi connectivity index (χ2n) is 3.57. The van der Waals surface area contributed by atoms with Gasteiger partial charge in [-0.15, -0.1) is 0 Å². The summed E-state index contributed by atoms with van der Waals surface area (Å²) in [6.45, 7) is 1.52. The predicted octanol–water partition coefficient (Wildman–Crippen LogP) is 2.50. The number of hydrogen-bond acceptors (Lipinski definition) is 4. The lowest BCUT2D eigenvalue weighted by molar-refractivity contribution is 0.0662. The number of ether oxygens (including phenoxy) is 1. The van der Waals surface area contributed by atoms with Gasteiger partial charge >= 0.3 is 5.97 Å². The molecule has 0 aliphatic rings. The van der Waals surface area contributed by atoms with Crippen LogP contribution in [0.2, 0.25) is 0 Å². The van der Waals surface area contributed by atoms with Crippen LogP contribution in [0.4, 0.5) is 4.39 Å². The molecule has 1 aromatic heterocycles. The first kappa shape index (κ1) is 12.1. The van der Waals surface area contributed by atoms with Crippen LogP contribution in [-0.4, -0.2) is 23.2 Å². The molecule has 6 heteroatoms. The molecule has 0 saturated heterocycles. The van der Waals surface area contributed by atoms with Gasteiger partial charge in [-0.2, -0.15) is 0 Å². The van der Waals surface area contributed by atoms with Gasteiger partial charge in [0.2, 0.25) is 5.76 Å². The first-order valence-electron chi connectivity index (χ1n) is 5.07. The highest BCUT2D eigenvalue weighted by Crippen LogP contribution is 2.28. The number of benzene rings is 1. The fourth-order valence-corrected chi connectivity index (χ4v) is 1.58. The summed E-state index contributed by atoms with van der Waals surface area (Å²) >= 11 is 0. The third kappa shape index (κ3) is 2.04. The lowest BCUT2D eigenvalue weighted by atomic mass is 10.1. The van der Waals surface area contributed by atoms with Crippen molar-refractivity contribution in [3.05, 3.63) is 35.7 Å². The minimum Gasteiger partial charge on any atom is -0.494 e. The van der Waals surface area contributed by atoms with E-state index in [1.165, 1.54) is 26.2 Å². The largest absolute Gasteiger partial charge is 0.494 e. The molecule has 0 fully saturated rings. The monoisotopic (exact) mass is 251 g/mol. The van der Waals surface area contributed by atoms with Gasteiger partial charge in [0.1, 0.15) is 5.69 Å². The van der Waals surface area contributed by atoms with Crippen molar-refractivity contribution in [1.29, 1.82) is 0 Å². The number of halogens is 1. The Morgan fingerprint density at radius 3 is 2.78 bits per heavy atom. The number of hydrogen-bond donors (Lipinski definition) is 1. The minimum absolute atomic E-state index is 0.0795. The highest BCUT2D eigenvalue weighted by atomic mass is 19.1. The molecule has 0 spiro atoms. The first-order chi connectivity index (χ1) is 8.52. The summed E-state index contributed by atoms with van der Waals surface area (Å²) in [4.78, 5) is 14.9. The maximum absolute atomic E-state index is 13.5. The molecule has 1 heterocycles. The van der Waals surface area contributed by atoms with E-state index in [1.54, 1.807) is 0 Å². The second kappa shape index (κ2) is 4.48. The highest BCUT2D eigenvalue weighted by molar-refractivity contribution is 5.91. The zero-order chi connectivity index (χ0) is 13.3. The molecule has 0 unspecified atom stereocenters. The maximum atomic E-state index is 13.5. The molecule has 0 aliphatic carbocycles. The molecular formula is C12H10FNO4. The van der Waals surface area contributed by atoms with Gasteiger partial charge < -0.3 is 14.3 Å². The Morgan fingerprint density at radius 1 is 1.50 bits per heavy atom. The number of carboxylic acid groups (broad SMARTS) is 1. The highest BCUT2D eigenvalue weighted by Gasteiger charge is 2.20. The minimum atomic E-state index is -1.25. The Balaban J connectivity index is 2.55. The number of carbonyl (C=O) groups is 1. The van der Waals surface area contributed by atoms with Crippen molar-refractivity contribution in [2.45, 2.75) is 6.92 Å². The smallest absolute Gasteiger partial charge is 0.374 e. The number of oxazole rings is 1. The molecule has 1 N–H and O–H groups in total. The molecule has 0 saturated carbocycles. The van der Waals surface area contributed by atoms with E-state index in [1.807, 2.05) is 0 Å². The van der Waals surface area contributed by atoms with Gasteiger partial charge in [0, 0.05) is 12.5 Å². The molecule has 0 aliphatic heterocycles. The third-order valence-corrected chi connectivity index (χ3v) is 2.35. The first-order valence-corrected chi connectivity index (χ1v) is 5.07. The fourth-order valence-electron chi connectivity index (χ4n) is 1.58. The van der Waals surface area contributed by atoms with Crippen molar-refractivity contribution in [1.82, 2.24) is 4.98 Å². The Labute approximate surface area is 102 Å².